The lowest BCUT2D eigenvalue weighted by atomic mass is 10.1. The van der Waals surface area contributed by atoms with Crippen molar-refractivity contribution in [3.63, 3.8) is 0 Å². The van der Waals surface area contributed by atoms with Gasteiger partial charge in [-0.1, -0.05) is 13.8 Å². The second-order valence-corrected chi connectivity index (χ2v) is 8.59. The zero-order valence-corrected chi connectivity index (χ0v) is 14.2. The smallest absolute Gasteiger partial charge is 0.224 e. The summed E-state index contributed by atoms with van der Waals surface area (Å²) in [4.78, 5) is 13.7. The lowest BCUT2D eigenvalue weighted by Crippen LogP contribution is -2.32. The van der Waals surface area contributed by atoms with Crippen LogP contribution in [0.15, 0.2) is 24.3 Å². The van der Waals surface area contributed by atoms with Crippen LogP contribution in [0.4, 0.5) is 11.4 Å². The molecule has 1 atom stereocenters. The Hall–Kier alpha value is -1.56. The van der Waals surface area contributed by atoms with Crippen LogP contribution in [0.3, 0.4) is 0 Å². The maximum Gasteiger partial charge on any atom is 0.224 e. The molecule has 0 spiro atoms. The molecule has 0 aromatic heterocycles. The summed E-state index contributed by atoms with van der Waals surface area (Å²) in [5, 5.41) is 2.87. The van der Waals surface area contributed by atoms with E-state index in [0.29, 0.717) is 18.8 Å². The van der Waals surface area contributed by atoms with Gasteiger partial charge in [0.05, 0.1) is 11.5 Å². The van der Waals surface area contributed by atoms with Crippen LogP contribution in [0.1, 0.15) is 26.7 Å². The summed E-state index contributed by atoms with van der Waals surface area (Å²) in [5.74, 6) is 0.828. The van der Waals surface area contributed by atoms with Crippen LogP contribution in [-0.4, -0.2) is 38.9 Å². The second-order valence-electron chi connectivity index (χ2n) is 6.36. The first-order chi connectivity index (χ1) is 10.3. The maximum atomic E-state index is 11.7. The molecule has 22 heavy (non-hydrogen) atoms. The molecule has 1 amide bonds. The number of sulfone groups is 1. The van der Waals surface area contributed by atoms with Gasteiger partial charge in [0.2, 0.25) is 5.91 Å². The van der Waals surface area contributed by atoms with Crippen molar-refractivity contribution in [2.24, 2.45) is 5.92 Å². The fourth-order valence-electron chi connectivity index (χ4n) is 2.65. The van der Waals surface area contributed by atoms with E-state index in [1.165, 1.54) is 0 Å². The summed E-state index contributed by atoms with van der Waals surface area (Å²) in [6, 6.07) is 7.57. The highest BCUT2D eigenvalue weighted by Gasteiger charge is 2.30. The van der Waals surface area contributed by atoms with Crippen LogP contribution in [-0.2, 0) is 14.6 Å². The number of carbonyl (C=O) groups is 1. The third kappa shape index (κ3) is 4.47. The predicted molar refractivity (Wildman–Crippen MR) is 90.0 cm³/mol. The van der Waals surface area contributed by atoms with Gasteiger partial charge in [0, 0.05) is 30.9 Å². The van der Waals surface area contributed by atoms with Crippen LogP contribution in [0.25, 0.3) is 0 Å². The standard InChI is InChI=1S/C16H24N2O3S/c1-12(2)10-16(19)17-13-4-6-14(7-5-13)18(3)15-8-9-22(20,21)11-15/h4-7,12,15H,8-11H2,1-3H3,(H,17,19). The molecule has 0 aliphatic carbocycles. The van der Waals surface area contributed by atoms with Gasteiger partial charge in [-0.3, -0.25) is 4.79 Å². The van der Waals surface area contributed by atoms with Crippen molar-refractivity contribution in [1.29, 1.82) is 0 Å². The number of nitrogens with zero attached hydrogens (tertiary/aromatic N) is 1. The number of amides is 1. The van der Waals surface area contributed by atoms with Gasteiger partial charge in [0.25, 0.3) is 0 Å². The van der Waals surface area contributed by atoms with Gasteiger partial charge in [0.15, 0.2) is 9.84 Å². The molecular weight excluding hydrogens is 300 g/mol. The van der Waals surface area contributed by atoms with Gasteiger partial charge >= 0.3 is 0 Å². The zero-order chi connectivity index (χ0) is 16.3. The number of hydrogen-bond acceptors (Lipinski definition) is 4. The lowest BCUT2D eigenvalue weighted by Gasteiger charge is -2.25. The van der Waals surface area contributed by atoms with Gasteiger partial charge < -0.3 is 10.2 Å². The van der Waals surface area contributed by atoms with Crippen LogP contribution in [0.5, 0.6) is 0 Å². The van der Waals surface area contributed by atoms with E-state index in [0.717, 1.165) is 11.4 Å². The maximum absolute atomic E-state index is 11.7. The Morgan fingerprint density at radius 1 is 1.32 bits per heavy atom. The van der Waals surface area contributed by atoms with Crippen LogP contribution in [0.2, 0.25) is 0 Å². The highest BCUT2D eigenvalue weighted by molar-refractivity contribution is 7.91. The quantitative estimate of drug-likeness (QED) is 0.902. The SMILES string of the molecule is CC(C)CC(=O)Nc1ccc(N(C)C2CCS(=O)(=O)C2)cc1. The first-order valence-electron chi connectivity index (χ1n) is 7.60. The van der Waals surface area contributed by atoms with E-state index in [-0.39, 0.29) is 23.5 Å². The molecule has 0 saturated carbocycles. The highest BCUT2D eigenvalue weighted by atomic mass is 32.2. The lowest BCUT2D eigenvalue weighted by molar-refractivity contribution is -0.116. The monoisotopic (exact) mass is 324 g/mol. The highest BCUT2D eigenvalue weighted by Crippen LogP contribution is 2.24. The van der Waals surface area contributed by atoms with Gasteiger partial charge in [-0.2, -0.15) is 0 Å². The molecule has 1 fully saturated rings. The number of anilines is 2. The molecule has 6 heteroatoms. The van der Waals surface area contributed by atoms with Crippen LogP contribution >= 0.6 is 0 Å². The number of rotatable bonds is 5. The molecule has 0 radical (unpaired) electrons. The van der Waals surface area contributed by atoms with E-state index in [1.807, 2.05) is 50.1 Å². The molecule has 1 N–H and O–H groups in total. The van der Waals surface area contributed by atoms with Crippen LogP contribution in [0, 0.1) is 5.92 Å². The van der Waals surface area contributed by atoms with Crippen molar-refractivity contribution in [1.82, 2.24) is 0 Å². The topological polar surface area (TPSA) is 66.5 Å². The molecule has 5 nitrogen and oxygen atoms in total. The Kier molecular flexibility index (Phi) is 5.11. The average molecular weight is 324 g/mol. The van der Waals surface area contributed by atoms with Crippen molar-refractivity contribution in [3.05, 3.63) is 24.3 Å². The first-order valence-corrected chi connectivity index (χ1v) is 9.42. The Balaban J connectivity index is 1.98. The largest absolute Gasteiger partial charge is 0.371 e. The molecule has 1 unspecified atom stereocenters. The van der Waals surface area contributed by atoms with Gasteiger partial charge in [0.1, 0.15) is 0 Å². The molecule has 0 bridgehead atoms. The van der Waals surface area contributed by atoms with E-state index in [9.17, 15) is 13.2 Å². The van der Waals surface area contributed by atoms with Crippen molar-refractivity contribution in [2.75, 3.05) is 28.8 Å². The molecule has 1 heterocycles. The van der Waals surface area contributed by atoms with Gasteiger partial charge in [-0.05, 0) is 36.6 Å². The minimum Gasteiger partial charge on any atom is -0.371 e. The second kappa shape index (κ2) is 6.69. The van der Waals surface area contributed by atoms with Gasteiger partial charge in [-0.15, -0.1) is 0 Å². The molecule has 2 rings (SSSR count). The molecule has 1 aliphatic heterocycles. The molecule has 1 aliphatic rings. The Labute approximate surface area is 132 Å². The van der Waals surface area contributed by atoms with Gasteiger partial charge in [-0.25, -0.2) is 8.42 Å². The third-order valence-electron chi connectivity index (χ3n) is 3.91. The first kappa shape index (κ1) is 16.8. The third-order valence-corrected chi connectivity index (χ3v) is 5.66. The summed E-state index contributed by atoms with van der Waals surface area (Å²) in [6.45, 7) is 4.01. The summed E-state index contributed by atoms with van der Waals surface area (Å²) >= 11 is 0. The van der Waals surface area contributed by atoms with Crippen LogP contribution < -0.4 is 10.2 Å². The number of hydrogen-bond donors (Lipinski definition) is 1. The molecule has 1 saturated heterocycles. The average Bonchev–Trinajstić information content (AvgIpc) is 2.78. The van der Waals surface area contributed by atoms with Crippen molar-refractivity contribution in [2.45, 2.75) is 32.7 Å². The minimum absolute atomic E-state index is 0.0120. The summed E-state index contributed by atoms with van der Waals surface area (Å²) < 4.78 is 23.1. The summed E-state index contributed by atoms with van der Waals surface area (Å²) in [7, 11) is -0.968. The van der Waals surface area contributed by atoms with Crippen molar-refractivity contribution >= 4 is 27.1 Å². The van der Waals surface area contributed by atoms with E-state index < -0.39 is 9.84 Å². The Morgan fingerprint density at radius 3 is 2.45 bits per heavy atom. The molecular formula is C16H24N2O3S. The summed E-state index contributed by atoms with van der Waals surface area (Å²) in [5.41, 5.74) is 1.73. The normalized spacial score (nSPS) is 20.1. The molecule has 1 aromatic rings. The number of carbonyl (C=O) groups excluding carboxylic acids is 1. The predicted octanol–water partition coefficient (Wildman–Crippen LogP) is 2.29. The Morgan fingerprint density at radius 2 is 1.95 bits per heavy atom. The minimum atomic E-state index is -2.88. The van der Waals surface area contributed by atoms with E-state index in [4.69, 9.17) is 0 Å². The van der Waals surface area contributed by atoms with Crippen molar-refractivity contribution < 1.29 is 13.2 Å². The van der Waals surface area contributed by atoms with Crippen molar-refractivity contribution in [3.8, 4) is 0 Å². The molecule has 122 valence electrons. The molecule has 1 aromatic carbocycles. The number of nitrogens with one attached hydrogen (secondary N) is 1. The fraction of sp³-hybridized carbons (Fsp3) is 0.562. The number of benzene rings is 1. The van der Waals surface area contributed by atoms with E-state index >= 15 is 0 Å². The van der Waals surface area contributed by atoms with E-state index in [1.54, 1.807) is 0 Å². The van der Waals surface area contributed by atoms with E-state index in [2.05, 4.69) is 5.32 Å². The Bertz CT molecular complexity index is 623. The fourth-order valence-corrected chi connectivity index (χ4v) is 4.43. The zero-order valence-electron chi connectivity index (χ0n) is 13.4. The summed E-state index contributed by atoms with van der Waals surface area (Å²) in [6.07, 6.45) is 1.17.